The SMILES string of the molecule is CCN(Cc1ccncc1)C(=O)NC(=O)CCC(=O)O. The number of pyridine rings is 1. The van der Waals surface area contributed by atoms with Gasteiger partial charge < -0.3 is 10.0 Å². The molecule has 108 valence electrons. The molecule has 0 saturated heterocycles. The van der Waals surface area contributed by atoms with Gasteiger partial charge in [-0.3, -0.25) is 19.9 Å². The lowest BCUT2D eigenvalue weighted by Gasteiger charge is -2.20. The molecule has 7 nitrogen and oxygen atoms in total. The fourth-order valence-corrected chi connectivity index (χ4v) is 1.52. The normalized spacial score (nSPS) is 9.85. The lowest BCUT2D eigenvalue weighted by molar-refractivity contribution is -0.138. The highest BCUT2D eigenvalue weighted by atomic mass is 16.4. The third-order valence-electron chi connectivity index (χ3n) is 2.60. The number of carbonyl (C=O) groups excluding carboxylic acids is 2. The second-order valence-electron chi connectivity index (χ2n) is 4.12. The van der Waals surface area contributed by atoms with E-state index in [1.165, 1.54) is 4.90 Å². The van der Waals surface area contributed by atoms with Gasteiger partial charge in [0.05, 0.1) is 6.42 Å². The van der Waals surface area contributed by atoms with Crippen LogP contribution >= 0.6 is 0 Å². The van der Waals surface area contributed by atoms with Crippen molar-refractivity contribution in [2.75, 3.05) is 6.54 Å². The predicted molar refractivity (Wildman–Crippen MR) is 70.7 cm³/mol. The molecule has 1 heterocycles. The van der Waals surface area contributed by atoms with E-state index in [2.05, 4.69) is 10.3 Å². The standard InChI is InChI=1S/C13H17N3O4/c1-2-16(9-10-5-7-14-8-6-10)13(20)15-11(17)3-4-12(18)19/h5-8H,2-4,9H2,1H3,(H,18,19)(H,15,17,20). The van der Waals surface area contributed by atoms with Crippen LogP contribution in [0.25, 0.3) is 0 Å². The summed E-state index contributed by atoms with van der Waals surface area (Å²) in [5, 5.41) is 10.6. The van der Waals surface area contributed by atoms with E-state index < -0.39 is 17.9 Å². The van der Waals surface area contributed by atoms with Gasteiger partial charge in [0.15, 0.2) is 0 Å². The van der Waals surface area contributed by atoms with E-state index in [1.54, 1.807) is 31.5 Å². The molecule has 1 rings (SSSR count). The molecule has 0 aromatic carbocycles. The molecule has 1 aromatic heterocycles. The van der Waals surface area contributed by atoms with Crippen molar-refractivity contribution in [2.24, 2.45) is 0 Å². The van der Waals surface area contributed by atoms with Gasteiger partial charge in [0.2, 0.25) is 5.91 Å². The van der Waals surface area contributed by atoms with E-state index in [1.807, 2.05) is 0 Å². The minimum absolute atomic E-state index is 0.214. The number of nitrogens with zero attached hydrogens (tertiary/aromatic N) is 2. The molecular weight excluding hydrogens is 262 g/mol. The Bertz CT molecular complexity index is 476. The molecule has 0 saturated carbocycles. The fourth-order valence-electron chi connectivity index (χ4n) is 1.52. The van der Waals surface area contributed by atoms with Gasteiger partial charge in [0, 0.05) is 31.9 Å². The van der Waals surface area contributed by atoms with Gasteiger partial charge in [-0.2, -0.15) is 0 Å². The monoisotopic (exact) mass is 279 g/mol. The molecule has 0 atom stereocenters. The van der Waals surface area contributed by atoms with Crippen molar-refractivity contribution in [3.8, 4) is 0 Å². The minimum atomic E-state index is -1.07. The van der Waals surface area contributed by atoms with Crippen LogP contribution in [0.2, 0.25) is 0 Å². The highest BCUT2D eigenvalue weighted by Crippen LogP contribution is 2.03. The number of rotatable bonds is 6. The van der Waals surface area contributed by atoms with Crippen LogP contribution in [-0.2, 0) is 16.1 Å². The van der Waals surface area contributed by atoms with Crippen LogP contribution in [0.1, 0.15) is 25.3 Å². The Morgan fingerprint density at radius 2 is 1.90 bits per heavy atom. The zero-order valence-corrected chi connectivity index (χ0v) is 11.2. The van der Waals surface area contributed by atoms with Crippen molar-refractivity contribution in [3.05, 3.63) is 30.1 Å². The first-order valence-corrected chi connectivity index (χ1v) is 6.22. The number of nitrogens with one attached hydrogen (secondary N) is 1. The summed E-state index contributed by atoms with van der Waals surface area (Å²) in [6.07, 6.45) is 2.74. The topological polar surface area (TPSA) is 99.6 Å². The molecule has 1 aromatic rings. The number of aliphatic carboxylic acids is 1. The van der Waals surface area contributed by atoms with Crippen molar-refractivity contribution in [1.29, 1.82) is 0 Å². The summed E-state index contributed by atoms with van der Waals surface area (Å²) in [6.45, 7) is 2.58. The third kappa shape index (κ3) is 5.47. The van der Waals surface area contributed by atoms with Gasteiger partial charge in [-0.15, -0.1) is 0 Å². The Morgan fingerprint density at radius 1 is 1.25 bits per heavy atom. The molecule has 0 fully saturated rings. The summed E-state index contributed by atoms with van der Waals surface area (Å²) in [4.78, 5) is 38.9. The summed E-state index contributed by atoms with van der Waals surface area (Å²) < 4.78 is 0. The average molecular weight is 279 g/mol. The van der Waals surface area contributed by atoms with Crippen LogP contribution in [0.15, 0.2) is 24.5 Å². The highest BCUT2D eigenvalue weighted by molar-refractivity contribution is 5.95. The average Bonchev–Trinajstić information content (AvgIpc) is 2.43. The number of carboxylic acid groups (broad SMARTS) is 1. The Labute approximate surface area is 116 Å². The summed E-state index contributed by atoms with van der Waals surface area (Å²) in [5.41, 5.74) is 0.898. The van der Waals surface area contributed by atoms with Crippen molar-refractivity contribution in [1.82, 2.24) is 15.2 Å². The van der Waals surface area contributed by atoms with E-state index in [9.17, 15) is 14.4 Å². The summed E-state index contributed by atoms with van der Waals surface area (Å²) in [5.74, 6) is -1.66. The Hall–Kier alpha value is -2.44. The fraction of sp³-hybridized carbons (Fsp3) is 0.385. The molecule has 0 aliphatic rings. The molecular formula is C13H17N3O4. The Kier molecular flexibility index (Phi) is 6.15. The minimum Gasteiger partial charge on any atom is -0.481 e. The molecule has 0 bridgehead atoms. The number of hydrogen-bond donors (Lipinski definition) is 2. The van der Waals surface area contributed by atoms with E-state index >= 15 is 0 Å². The molecule has 0 unspecified atom stereocenters. The zero-order valence-electron chi connectivity index (χ0n) is 11.2. The first kappa shape index (κ1) is 15.6. The second-order valence-corrected chi connectivity index (χ2v) is 4.12. The van der Waals surface area contributed by atoms with E-state index in [4.69, 9.17) is 5.11 Å². The lowest BCUT2D eigenvalue weighted by Crippen LogP contribution is -2.42. The molecule has 20 heavy (non-hydrogen) atoms. The zero-order chi connectivity index (χ0) is 15.0. The largest absolute Gasteiger partial charge is 0.481 e. The molecule has 0 aliphatic heterocycles. The van der Waals surface area contributed by atoms with E-state index in [-0.39, 0.29) is 12.8 Å². The first-order chi connectivity index (χ1) is 9.52. The van der Waals surface area contributed by atoms with Crippen LogP contribution in [0.3, 0.4) is 0 Å². The molecule has 0 aliphatic carbocycles. The molecule has 3 amide bonds. The number of aromatic nitrogens is 1. The van der Waals surface area contributed by atoms with Crippen LogP contribution in [0.5, 0.6) is 0 Å². The lowest BCUT2D eigenvalue weighted by atomic mass is 10.2. The number of hydrogen-bond acceptors (Lipinski definition) is 4. The maximum Gasteiger partial charge on any atom is 0.324 e. The van der Waals surface area contributed by atoms with Crippen molar-refractivity contribution in [3.63, 3.8) is 0 Å². The number of urea groups is 1. The number of imide groups is 1. The maximum absolute atomic E-state index is 11.9. The van der Waals surface area contributed by atoms with E-state index in [0.29, 0.717) is 13.1 Å². The first-order valence-electron chi connectivity index (χ1n) is 6.22. The number of amides is 3. The van der Waals surface area contributed by atoms with Crippen molar-refractivity contribution in [2.45, 2.75) is 26.3 Å². The summed E-state index contributed by atoms with van der Waals surface area (Å²) in [6, 6.07) is 3.03. The molecule has 2 N–H and O–H groups in total. The summed E-state index contributed by atoms with van der Waals surface area (Å²) >= 11 is 0. The quantitative estimate of drug-likeness (QED) is 0.809. The highest BCUT2D eigenvalue weighted by Gasteiger charge is 2.15. The van der Waals surface area contributed by atoms with Crippen LogP contribution in [0, 0.1) is 0 Å². The molecule has 0 radical (unpaired) electrons. The van der Waals surface area contributed by atoms with Gasteiger partial charge >= 0.3 is 12.0 Å². The molecule has 7 heteroatoms. The molecule has 0 spiro atoms. The maximum atomic E-state index is 11.9. The van der Waals surface area contributed by atoms with Gasteiger partial charge in [-0.25, -0.2) is 4.79 Å². The van der Waals surface area contributed by atoms with Gasteiger partial charge in [-0.05, 0) is 24.6 Å². The summed E-state index contributed by atoms with van der Waals surface area (Å²) in [7, 11) is 0. The number of carbonyl (C=O) groups is 3. The van der Waals surface area contributed by atoms with Crippen LogP contribution in [0.4, 0.5) is 4.79 Å². The smallest absolute Gasteiger partial charge is 0.324 e. The van der Waals surface area contributed by atoms with E-state index in [0.717, 1.165) is 5.56 Å². The Morgan fingerprint density at radius 3 is 2.45 bits per heavy atom. The van der Waals surface area contributed by atoms with Crippen LogP contribution in [-0.4, -0.2) is 39.4 Å². The van der Waals surface area contributed by atoms with Gasteiger partial charge in [0.25, 0.3) is 0 Å². The van der Waals surface area contributed by atoms with Crippen LogP contribution < -0.4 is 5.32 Å². The van der Waals surface area contributed by atoms with Gasteiger partial charge in [0.1, 0.15) is 0 Å². The van der Waals surface area contributed by atoms with Gasteiger partial charge in [-0.1, -0.05) is 0 Å². The second kappa shape index (κ2) is 7.88. The van der Waals surface area contributed by atoms with Crippen molar-refractivity contribution >= 4 is 17.9 Å². The van der Waals surface area contributed by atoms with Crippen molar-refractivity contribution < 1.29 is 19.5 Å². The number of carboxylic acids is 1. The Balaban J connectivity index is 2.50. The predicted octanol–water partition coefficient (Wildman–Crippen LogP) is 1.00. The third-order valence-corrected chi connectivity index (χ3v) is 2.60.